The Morgan fingerprint density at radius 2 is 2.21 bits per heavy atom. The minimum Gasteiger partial charge on any atom is -0.383 e. The van der Waals surface area contributed by atoms with Crippen LogP contribution in [0.4, 0.5) is 5.69 Å². The Labute approximate surface area is 117 Å². The summed E-state index contributed by atoms with van der Waals surface area (Å²) in [6.07, 6.45) is 3.64. The smallest absolute Gasteiger partial charge is 0.250 e. The fourth-order valence-corrected chi connectivity index (χ4v) is 1.76. The first kappa shape index (κ1) is 15.7. The number of nitrogens with one attached hydrogen (secondary N) is 1. The van der Waals surface area contributed by atoms with E-state index < -0.39 is 0 Å². The molecule has 0 bridgehead atoms. The van der Waals surface area contributed by atoms with Crippen molar-refractivity contribution in [1.82, 2.24) is 4.57 Å². The standard InChI is InChI=1S/C13H19ClN2O3/c1-19-9-8-16-10-11(5-6-13(16)18)15-12(17)4-2-3-7-14/h5-6,10H,2-4,7-9H2,1H3,(H,15,17). The summed E-state index contributed by atoms with van der Waals surface area (Å²) in [6.45, 7) is 0.915. The van der Waals surface area contributed by atoms with Crippen molar-refractivity contribution in [2.24, 2.45) is 0 Å². The molecule has 1 aromatic rings. The summed E-state index contributed by atoms with van der Waals surface area (Å²) in [6, 6.07) is 3.04. The molecule has 0 aliphatic heterocycles. The van der Waals surface area contributed by atoms with Crippen molar-refractivity contribution in [1.29, 1.82) is 0 Å². The van der Waals surface area contributed by atoms with Crippen LogP contribution in [0, 0.1) is 0 Å². The van der Waals surface area contributed by atoms with Gasteiger partial charge in [-0.3, -0.25) is 9.59 Å². The predicted octanol–water partition coefficient (Wildman–Crippen LogP) is 1.84. The van der Waals surface area contributed by atoms with Crippen molar-refractivity contribution in [2.75, 3.05) is 24.9 Å². The molecule has 1 heterocycles. The number of nitrogens with zero attached hydrogens (tertiary/aromatic N) is 1. The number of hydrogen-bond donors (Lipinski definition) is 1. The molecule has 0 unspecified atom stereocenters. The van der Waals surface area contributed by atoms with Crippen molar-refractivity contribution >= 4 is 23.2 Å². The molecule has 1 aromatic heterocycles. The Balaban J connectivity index is 2.58. The van der Waals surface area contributed by atoms with Gasteiger partial charge in [0.05, 0.1) is 12.3 Å². The van der Waals surface area contributed by atoms with E-state index in [1.54, 1.807) is 19.4 Å². The first-order chi connectivity index (χ1) is 9.17. The fourth-order valence-electron chi connectivity index (χ4n) is 1.57. The summed E-state index contributed by atoms with van der Waals surface area (Å²) in [5.74, 6) is 0.497. The Kier molecular flexibility index (Phi) is 7.22. The van der Waals surface area contributed by atoms with E-state index >= 15 is 0 Å². The fraction of sp³-hybridized carbons (Fsp3) is 0.538. The molecular formula is C13H19ClN2O3. The molecule has 0 aromatic carbocycles. The average molecular weight is 287 g/mol. The van der Waals surface area contributed by atoms with E-state index in [2.05, 4.69) is 5.32 Å². The van der Waals surface area contributed by atoms with Crippen molar-refractivity contribution in [2.45, 2.75) is 25.8 Å². The molecule has 0 fully saturated rings. The molecule has 1 amide bonds. The number of methoxy groups -OCH3 is 1. The first-order valence-electron chi connectivity index (χ1n) is 6.22. The van der Waals surface area contributed by atoms with Gasteiger partial charge in [0.1, 0.15) is 0 Å². The molecular weight excluding hydrogens is 268 g/mol. The van der Waals surface area contributed by atoms with E-state index in [-0.39, 0.29) is 11.5 Å². The number of aromatic nitrogens is 1. The molecule has 0 saturated heterocycles. The van der Waals surface area contributed by atoms with Crippen LogP contribution in [0.3, 0.4) is 0 Å². The van der Waals surface area contributed by atoms with Gasteiger partial charge in [0, 0.05) is 38.2 Å². The van der Waals surface area contributed by atoms with Crippen LogP contribution in [-0.2, 0) is 16.1 Å². The van der Waals surface area contributed by atoms with Crippen LogP contribution in [0.25, 0.3) is 0 Å². The summed E-state index contributed by atoms with van der Waals surface area (Å²) in [7, 11) is 1.58. The van der Waals surface area contributed by atoms with Crippen molar-refractivity contribution in [3.8, 4) is 0 Å². The Morgan fingerprint density at radius 3 is 2.89 bits per heavy atom. The van der Waals surface area contributed by atoms with Crippen LogP contribution in [0.15, 0.2) is 23.1 Å². The highest BCUT2D eigenvalue weighted by Gasteiger charge is 2.04. The molecule has 0 aliphatic rings. The second-order valence-corrected chi connectivity index (χ2v) is 4.51. The molecule has 6 heteroatoms. The van der Waals surface area contributed by atoms with Crippen molar-refractivity contribution in [3.05, 3.63) is 28.7 Å². The Morgan fingerprint density at radius 1 is 1.42 bits per heavy atom. The lowest BCUT2D eigenvalue weighted by atomic mass is 10.2. The molecule has 0 atom stereocenters. The molecule has 0 aliphatic carbocycles. The summed E-state index contributed by atoms with van der Waals surface area (Å²) in [5.41, 5.74) is 0.503. The maximum atomic E-state index is 11.6. The van der Waals surface area contributed by atoms with Gasteiger partial charge in [-0.1, -0.05) is 0 Å². The number of ether oxygens (including phenoxy) is 1. The molecule has 19 heavy (non-hydrogen) atoms. The summed E-state index contributed by atoms with van der Waals surface area (Å²) in [5, 5.41) is 2.76. The number of carbonyl (C=O) groups is 1. The average Bonchev–Trinajstić information content (AvgIpc) is 2.39. The van der Waals surface area contributed by atoms with Gasteiger partial charge >= 0.3 is 0 Å². The molecule has 106 valence electrons. The van der Waals surface area contributed by atoms with E-state index in [0.717, 1.165) is 12.8 Å². The van der Waals surface area contributed by atoms with Gasteiger partial charge in [-0.25, -0.2) is 0 Å². The third kappa shape index (κ3) is 5.89. The lowest BCUT2D eigenvalue weighted by Gasteiger charge is -2.09. The van der Waals surface area contributed by atoms with E-state index in [1.807, 2.05) is 0 Å². The number of halogens is 1. The minimum atomic E-state index is -0.114. The zero-order chi connectivity index (χ0) is 14.1. The van der Waals surface area contributed by atoms with Crippen molar-refractivity contribution < 1.29 is 9.53 Å². The number of anilines is 1. The van der Waals surface area contributed by atoms with E-state index in [4.69, 9.17) is 16.3 Å². The maximum Gasteiger partial charge on any atom is 0.250 e. The van der Waals surface area contributed by atoms with Crippen LogP contribution in [0.2, 0.25) is 0 Å². The lowest BCUT2D eigenvalue weighted by Crippen LogP contribution is -2.22. The number of carbonyl (C=O) groups excluding carboxylic acids is 1. The van der Waals surface area contributed by atoms with Crippen molar-refractivity contribution in [3.63, 3.8) is 0 Å². The molecule has 1 N–H and O–H groups in total. The summed E-state index contributed by atoms with van der Waals surface area (Å²) >= 11 is 5.55. The molecule has 0 radical (unpaired) electrons. The Hall–Kier alpha value is -1.33. The third-order valence-electron chi connectivity index (χ3n) is 2.59. The first-order valence-corrected chi connectivity index (χ1v) is 6.76. The number of unbranched alkanes of at least 4 members (excludes halogenated alkanes) is 1. The zero-order valence-electron chi connectivity index (χ0n) is 11.0. The third-order valence-corrected chi connectivity index (χ3v) is 2.86. The van der Waals surface area contributed by atoms with Gasteiger partial charge in [0.2, 0.25) is 5.91 Å². The van der Waals surface area contributed by atoms with Crippen LogP contribution >= 0.6 is 11.6 Å². The predicted molar refractivity (Wildman–Crippen MR) is 75.8 cm³/mol. The number of amides is 1. The van der Waals surface area contributed by atoms with Gasteiger partial charge < -0.3 is 14.6 Å². The molecule has 0 saturated carbocycles. The molecule has 1 rings (SSSR count). The van der Waals surface area contributed by atoms with Crippen LogP contribution in [0.1, 0.15) is 19.3 Å². The van der Waals surface area contributed by atoms with Crippen LogP contribution in [-0.4, -0.2) is 30.1 Å². The second-order valence-electron chi connectivity index (χ2n) is 4.14. The van der Waals surface area contributed by atoms with Gasteiger partial charge in [-0.15, -0.1) is 11.6 Å². The maximum absolute atomic E-state index is 11.6. The number of hydrogen-bond acceptors (Lipinski definition) is 3. The van der Waals surface area contributed by atoms with E-state index in [9.17, 15) is 9.59 Å². The van der Waals surface area contributed by atoms with E-state index in [1.165, 1.54) is 10.6 Å². The SMILES string of the molecule is COCCn1cc(NC(=O)CCCCCl)ccc1=O. The summed E-state index contributed by atoms with van der Waals surface area (Å²) in [4.78, 5) is 23.2. The van der Waals surface area contributed by atoms with Crippen LogP contribution < -0.4 is 10.9 Å². The zero-order valence-corrected chi connectivity index (χ0v) is 11.8. The van der Waals surface area contributed by atoms with Gasteiger partial charge in [0.25, 0.3) is 5.56 Å². The van der Waals surface area contributed by atoms with Crippen LogP contribution in [0.5, 0.6) is 0 Å². The van der Waals surface area contributed by atoms with Gasteiger partial charge in [-0.05, 0) is 18.9 Å². The minimum absolute atomic E-state index is 0.0675. The number of rotatable bonds is 8. The van der Waals surface area contributed by atoms with E-state index in [0.29, 0.717) is 31.1 Å². The highest BCUT2D eigenvalue weighted by atomic mass is 35.5. The normalized spacial score (nSPS) is 10.4. The monoisotopic (exact) mass is 286 g/mol. The largest absolute Gasteiger partial charge is 0.383 e. The number of pyridine rings is 1. The second kappa shape index (κ2) is 8.72. The van der Waals surface area contributed by atoms with Gasteiger partial charge in [0.15, 0.2) is 0 Å². The topological polar surface area (TPSA) is 60.3 Å². The number of alkyl halides is 1. The lowest BCUT2D eigenvalue weighted by molar-refractivity contribution is -0.116. The molecule has 0 spiro atoms. The summed E-state index contributed by atoms with van der Waals surface area (Å²) < 4.78 is 6.44. The molecule has 5 nitrogen and oxygen atoms in total. The Bertz CT molecular complexity index is 459. The quantitative estimate of drug-likeness (QED) is 0.586. The highest BCUT2D eigenvalue weighted by molar-refractivity contribution is 6.17. The van der Waals surface area contributed by atoms with Gasteiger partial charge in [-0.2, -0.15) is 0 Å². The highest BCUT2D eigenvalue weighted by Crippen LogP contribution is 2.06.